The minimum absolute atomic E-state index is 0.193. The summed E-state index contributed by atoms with van der Waals surface area (Å²) >= 11 is 0. The number of aryl methyl sites for hydroxylation is 1. The van der Waals surface area contributed by atoms with Crippen LogP contribution >= 0.6 is 0 Å². The Balaban J connectivity index is 1.65. The van der Waals surface area contributed by atoms with Gasteiger partial charge in [0.2, 0.25) is 5.91 Å². The van der Waals surface area contributed by atoms with Crippen LogP contribution < -0.4 is 10.1 Å². The van der Waals surface area contributed by atoms with Crippen LogP contribution in [-0.4, -0.2) is 61.2 Å². The molecule has 3 heterocycles. The van der Waals surface area contributed by atoms with Crippen molar-refractivity contribution in [3.63, 3.8) is 0 Å². The van der Waals surface area contributed by atoms with Gasteiger partial charge in [-0.2, -0.15) is 0 Å². The third kappa shape index (κ3) is 4.18. The van der Waals surface area contributed by atoms with Crippen LogP contribution in [0.3, 0.4) is 0 Å². The van der Waals surface area contributed by atoms with Crippen molar-refractivity contribution in [2.75, 3.05) is 45.8 Å². The van der Waals surface area contributed by atoms with Crippen molar-refractivity contribution in [3.05, 3.63) is 47.4 Å². The van der Waals surface area contributed by atoms with Crippen LogP contribution in [0.4, 0.5) is 5.82 Å². The molecule has 0 saturated carbocycles. The molecule has 4 rings (SSSR count). The molecule has 7 heteroatoms. The number of carbonyl (C=O) groups excluding carboxylic acids is 1. The number of hydrogen-bond donors (Lipinski definition) is 1. The van der Waals surface area contributed by atoms with Gasteiger partial charge in [-0.1, -0.05) is 19.1 Å². The van der Waals surface area contributed by atoms with Crippen molar-refractivity contribution >= 4 is 11.7 Å². The third-order valence-corrected chi connectivity index (χ3v) is 7.03. The largest absolute Gasteiger partial charge is 0.497 e. The number of nitrogens with one attached hydrogen (secondary N) is 1. The van der Waals surface area contributed by atoms with Crippen molar-refractivity contribution in [2.45, 2.75) is 50.4 Å². The fraction of sp³-hybridized carbons (Fsp3) is 0.560. The van der Waals surface area contributed by atoms with Gasteiger partial charge in [-0.15, -0.1) is 0 Å². The second-order valence-corrected chi connectivity index (χ2v) is 9.28. The maximum Gasteiger partial charge on any atom is 0.233 e. The summed E-state index contributed by atoms with van der Waals surface area (Å²) < 4.78 is 11.0. The number of hydrogen-bond acceptors (Lipinski definition) is 6. The molecule has 2 saturated heterocycles. The number of anilines is 1. The number of likely N-dealkylation sites (tertiary alicyclic amines) is 1. The first-order chi connectivity index (χ1) is 15.4. The first kappa shape index (κ1) is 22.5. The standard InChI is InChI=1S/C25H34N4O3/c1-18-16-21(26-3)28-22(27-18)24(2)10-5-13-29(17-24)23(30)25(11-14-32-15-12-25)19-6-8-20(31-4)9-7-19/h6-9,16H,5,10-15,17H2,1-4H3,(H,26,27,28)/t24-/m0/s1. The molecule has 2 fully saturated rings. The van der Waals surface area contributed by atoms with E-state index in [0.717, 1.165) is 48.0 Å². The topological polar surface area (TPSA) is 76.6 Å². The number of benzene rings is 1. The maximum absolute atomic E-state index is 14.1. The van der Waals surface area contributed by atoms with Crippen LogP contribution in [0.5, 0.6) is 5.75 Å². The van der Waals surface area contributed by atoms with Crippen LogP contribution in [0.2, 0.25) is 0 Å². The SMILES string of the molecule is CNc1cc(C)nc([C@@]2(C)CCCN(C(=O)C3(c4ccc(OC)cc4)CCOCC3)C2)n1. The highest BCUT2D eigenvalue weighted by Gasteiger charge is 2.47. The van der Waals surface area contributed by atoms with Gasteiger partial charge in [0, 0.05) is 50.5 Å². The number of aromatic nitrogens is 2. The number of piperidine rings is 1. The summed E-state index contributed by atoms with van der Waals surface area (Å²) in [6, 6.07) is 9.90. The maximum atomic E-state index is 14.1. The number of rotatable bonds is 5. The number of methoxy groups -OCH3 is 1. The Labute approximate surface area is 190 Å². The summed E-state index contributed by atoms with van der Waals surface area (Å²) in [5.41, 5.74) is 1.13. The van der Waals surface area contributed by atoms with Gasteiger partial charge in [0.25, 0.3) is 0 Å². The molecule has 32 heavy (non-hydrogen) atoms. The van der Waals surface area contributed by atoms with E-state index in [2.05, 4.69) is 12.2 Å². The van der Waals surface area contributed by atoms with Crippen LogP contribution in [-0.2, 0) is 20.4 Å². The van der Waals surface area contributed by atoms with Crippen molar-refractivity contribution in [2.24, 2.45) is 0 Å². The summed E-state index contributed by atoms with van der Waals surface area (Å²) in [6.45, 7) is 6.74. The van der Waals surface area contributed by atoms with E-state index in [1.807, 2.05) is 49.2 Å². The Morgan fingerprint density at radius 3 is 2.53 bits per heavy atom. The summed E-state index contributed by atoms with van der Waals surface area (Å²) in [6.07, 6.45) is 3.28. The Hall–Kier alpha value is -2.67. The fourth-order valence-electron chi connectivity index (χ4n) is 5.12. The van der Waals surface area contributed by atoms with Crippen molar-refractivity contribution in [1.29, 1.82) is 0 Å². The number of nitrogens with zero attached hydrogens (tertiary/aromatic N) is 3. The molecule has 1 aromatic heterocycles. The molecule has 0 aliphatic carbocycles. The lowest BCUT2D eigenvalue weighted by Crippen LogP contribution is -2.55. The minimum atomic E-state index is -0.563. The second-order valence-electron chi connectivity index (χ2n) is 9.28. The Kier molecular flexibility index (Phi) is 6.38. The van der Waals surface area contributed by atoms with Gasteiger partial charge < -0.3 is 19.7 Å². The van der Waals surface area contributed by atoms with Crippen LogP contribution in [0.1, 0.15) is 49.7 Å². The summed E-state index contributed by atoms with van der Waals surface area (Å²) in [7, 11) is 3.53. The lowest BCUT2D eigenvalue weighted by Gasteiger charge is -2.45. The first-order valence-corrected chi connectivity index (χ1v) is 11.5. The smallest absolute Gasteiger partial charge is 0.233 e. The van der Waals surface area contributed by atoms with Gasteiger partial charge in [-0.05, 0) is 50.3 Å². The number of carbonyl (C=O) groups is 1. The van der Waals surface area contributed by atoms with Crippen LogP contribution in [0, 0.1) is 6.92 Å². The molecule has 1 atom stereocenters. The molecular formula is C25H34N4O3. The molecule has 0 bridgehead atoms. The van der Waals surface area contributed by atoms with Gasteiger partial charge >= 0.3 is 0 Å². The average molecular weight is 439 g/mol. The Bertz CT molecular complexity index is 956. The highest BCUT2D eigenvalue weighted by atomic mass is 16.5. The molecule has 1 aromatic carbocycles. The zero-order valence-corrected chi connectivity index (χ0v) is 19.6. The van der Waals surface area contributed by atoms with E-state index in [1.54, 1.807) is 7.11 Å². The third-order valence-electron chi connectivity index (χ3n) is 7.03. The molecule has 0 radical (unpaired) electrons. The zero-order valence-electron chi connectivity index (χ0n) is 19.6. The summed E-state index contributed by atoms with van der Waals surface area (Å²) in [5, 5.41) is 3.13. The summed E-state index contributed by atoms with van der Waals surface area (Å²) in [4.78, 5) is 25.7. The summed E-state index contributed by atoms with van der Waals surface area (Å²) in [5.74, 6) is 2.62. The van der Waals surface area contributed by atoms with Crippen molar-refractivity contribution in [3.8, 4) is 5.75 Å². The molecule has 0 unspecified atom stereocenters. The molecule has 1 N–H and O–H groups in total. The Morgan fingerprint density at radius 1 is 1.16 bits per heavy atom. The van der Waals surface area contributed by atoms with Crippen molar-refractivity contribution in [1.82, 2.24) is 14.9 Å². The molecule has 2 aliphatic rings. The molecular weight excluding hydrogens is 404 g/mol. The normalized spacial score (nSPS) is 22.9. The fourth-order valence-corrected chi connectivity index (χ4v) is 5.12. The number of ether oxygens (including phenoxy) is 2. The van der Waals surface area contributed by atoms with E-state index < -0.39 is 5.41 Å². The predicted molar refractivity (Wildman–Crippen MR) is 124 cm³/mol. The first-order valence-electron chi connectivity index (χ1n) is 11.5. The molecule has 1 amide bonds. The van der Waals surface area contributed by atoms with E-state index in [9.17, 15) is 4.79 Å². The van der Waals surface area contributed by atoms with Gasteiger partial charge in [0.1, 0.15) is 17.4 Å². The highest BCUT2D eigenvalue weighted by Crippen LogP contribution is 2.40. The number of amides is 1. The molecule has 2 aliphatic heterocycles. The molecule has 7 nitrogen and oxygen atoms in total. The molecule has 0 spiro atoms. The van der Waals surface area contributed by atoms with E-state index in [4.69, 9.17) is 19.4 Å². The monoisotopic (exact) mass is 438 g/mol. The lowest BCUT2D eigenvalue weighted by molar-refractivity contribution is -0.143. The minimum Gasteiger partial charge on any atom is -0.497 e. The second kappa shape index (κ2) is 9.06. The van der Waals surface area contributed by atoms with Gasteiger partial charge in [-0.3, -0.25) is 4.79 Å². The van der Waals surface area contributed by atoms with E-state index >= 15 is 0 Å². The Morgan fingerprint density at radius 2 is 1.88 bits per heavy atom. The predicted octanol–water partition coefficient (Wildman–Crippen LogP) is 3.46. The van der Waals surface area contributed by atoms with Crippen molar-refractivity contribution < 1.29 is 14.3 Å². The van der Waals surface area contributed by atoms with E-state index in [-0.39, 0.29) is 11.3 Å². The van der Waals surface area contributed by atoms with Gasteiger partial charge in [-0.25, -0.2) is 9.97 Å². The molecule has 2 aromatic rings. The quantitative estimate of drug-likeness (QED) is 0.770. The molecule has 172 valence electrons. The zero-order chi connectivity index (χ0) is 22.8. The average Bonchev–Trinajstić information content (AvgIpc) is 2.83. The highest BCUT2D eigenvalue weighted by molar-refractivity contribution is 5.88. The van der Waals surface area contributed by atoms with Gasteiger partial charge in [0.15, 0.2) is 0 Å². The lowest BCUT2D eigenvalue weighted by atomic mass is 9.71. The van der Waals surface area contributed by atoms with Crippen LogP contribution in [0.15, 0.2) is 30.3 Å². The van der Waals surface area contributed by atoms with Crippen LogP contribution in [0.25, 0.3) is 0 Å². The van der Waals surface area contributed by atoms with Gasteiger partial charge in [0.05, 0.1) is 12.5 Å². The van der Waals surface area contributed by atoms with E-state index in [1.165, 1.54) is 0 Å². The van der Waals surface area contributed by atoms with E-state index in [0.29, 0.717) is 32.6 Å².